The first kappa shape index (κ1) is 10.7. The van der Waals surface area contributed by atoms with Gasteiger partial charge in [-0.2, -0.15) is 5.10 Å². The molecule has 1 atom stereocenters. The Labute approximate surface area is 99.2 Å². The summed E-state index contributed by atoms with van der Waals surface area (Å²) in [6.45, 7) is 0. The van der Waals surface area contributed by atoms with E-state index in [1.807, 2.05) is 6.07 Å². The number of hydrazine groups is 1. The Kier molecular flexibility index (Phi) is 3.47. The lowest BCUT2D eigenvalue weighted by molar-refractivity contribution is 0.528. The van der Waals surface area contributed by atoms with Crippen molar-refractivity contribution in [3.8, 4) is 0 Å². The summed E-state index contributed by atoms with van der Waals surface area (Å²) in [4.78, 5) is 5.31. The average molecular weight is 288 g/mol. The molecule has 1 unspecified atom stereocenters. The van der Waals surface area contributed by atoms with Crippen LogP contribution in [0.5, 0.6) is 0 Å². The third kappa shape index (κ3) is 2.63. The maximum Gasteiger partial charge on any atom is 0.143 e. The van der Waals surface area contributed by atoms with E-state index in [4.69, 9.17) is 5.84 Å². The standard InChI is InChI=1S/C8H10BrN5S/c9-7-2-1-5(15-7)3-6(13-10)8-11-4-12-14-8/h1-2,4,6,13H,3,10H2,(H,11,12,14). The van der Waals surface area contributed by atoms with Crippen LogP contribution in [-0.4, -0.2) is 15.2 Å². The molecule has 0 radical (unpaired) electrons. The highest BCUT2D eigenvalue weighted by Crippen LogP contribution is 2.25. The maximum atomic E-state index is 5.47. The van der Waals surface area contributed by atoms with E-state index in [-0.39, 0.29) is 6.04 Å². The molecule has 2 aromatic rings. The fourth-order valence-electron chi connectivity index (χ4n) is 1.28. The highest BCUT2D eigenvalue weighted by Gasteiger charge is 2.14. The summed E-state index contributed by atoms with van der Waals surface area (Å²) in [5.74, 6) is 6.23. The summed E-state index contributed by atoms with van der Waals surface area (Å²) in [6.07, 6.45) is 2.27. The smallest absolute Gasteiger partial charge is 0.143 e. The second kappa shape index (κ2) is 4.84. The molecule has 4 N–H and O–H groups in total. The minimum Gasteiger partial charge on any atom is -0.271 e. The summed E-state index contributed by atoms with van der Waals surface area (Å²) in [5, 5.41) is 6.60. The van der Waals surface area contributed by atoms with Gasteiger partial charge in [-0.25, -0.2) is 10.4 Å². The van der Waals surface area contributed by atoms with Crippen molar-refractivity contribution in [3.05, 3.63) is 32.9 Å². The highest BCUT2D eigenvalue weighted by molar-refractivity contribution is 9.11. The Balaban J connectivity index is 2.09. The van der Waals surface area contributed by atoms with Crippen molar-refractivity contribution >= 4 is 27.3 Å². The van der Waals surface area contributed by atoms with E-state index in [0.29, 0.717) is 0 Å². The molecule has 0 spiro atoms. The Morgan fingerprint density at radius 3 is 3.00 bits per heavy atom. The highest BCUT2D eigenvalue weighted by atomic mass is 79.9. The van der Waals surface area contributed by atoms with Crippen molar-refractivity contribution in [2.24, 2.45) is 5.84 Å². The average Bonchev–Trinajstić information content (AvgIpc) is 2.85. The van der Waals surface area contributed by atoms with Crippen molar-refractivity contribution in [1.82, 2.24) is 20.6 Å². The summed E-state index contributed by atoms with van der Waals surface area (Å²) >= 11 is 5.11. The second-order valence-corrected chi connectivity index (χ2v) is 5.55. The number of nitrogens with one attached hydrogen (secondary N) is 2. The summed E-state index contributed by atoms with van der Waals surface area (Å²) in [7, 11) is 0. The molecule has 15 heavy (non-hydrogen) atoms. The lowest BCUT2D eigenvalue weighted by Gasteiger charge is -2.10. The molecule has 0 aromatic carbocycles. The Bertz CT molecular complexity index is 412. The van der Waals surface area contributed by atoms with E-state index in [1.165, 1.54) is 11.2 Å². The predicted molar refractivity (Wildman–Crippen MR) is 62.2 cm³/mol. The molecule has 0 amide bonds. The van der Waals surface area contributed by atoms with E-state index in [1.54, 1.807) is 11.3 Å². The zero-order chi connectivity index (χ0) is 10.7. The van der Waals surface area contributed by atoms with Crippen molar-refractivity contribution in [3.63, 3.8) is 0 Å². The van der Waals surface area contributed by atoms with Crippen LogP contribution in [0.3, 0.4) is 0 Å². The van der Waals surface area contributed by atoms with E-state index in [9.17, 15) is 0 Å². The van der Waals surface area contributed by atoms with Gasteiger partial charge in [-0.1, -0.05) is 0 Å². The normalized spacial score (nSPS) is 12.9. The van der Waals surface area contributed by atoms with Crippen LogP contribution in [0, 0.1) is 0 Å². The van der Waals surface area contributed by atoms with Gasteiger partial charge >= 0.3 is 0 Å². The van der Waals surface area contributed by atoms with Crippen LogP contribution in [0.4, 0.5) is 0 Å². The van der Waals surface area contributed by atoms with Gasteiger partial charge in [0.05, 0.1) is 9.83 Å². The van der Waals surface area contributed by atoms with Crippen LogP contribution in [-0.2, 0) is 6.42 Å². The third-order valence-corrected chi connectivity index (χ3v) is 3.65. The van der Waals surface area contributed by atoms with Gasteiger partial charge in [-0.15, -0.1) is 11.3 Å². The van der Waals surface area contributed by atoms with Gasteiger partial charge in [0, 0.05) is 11.3 Å². The van der Waals surface area contributed by atoms with Crippen LogP contribution < -0.4 is 11.3 Å². The molecule has 5 nitrogen and oxygen atoms in total. The molecule has 2 aromatic heterocycles. The predicted octanol–water partition coefficient (Wildman–Crippen LogP) is 1.38. The minimum atomic E-state index is -0.0296. The molecule has 0 aliphatic heterocycles. The van der Waals surface area contributed by atoms with E-state index >= 15 is 0 Å². The number of nitrogens with zero attached hydrogens (tertiary/aromatic N) is 2. The number of aromatic nitrogens is 3. The topological polar surface area (TPSA) is 79.6 Å². The van der Waals surface area contributed by atoms with Crippen molar-refractivity contribution < 1.29 is 0 Å². The van der Waals surface area contributed by atoms with E-state index in [0.717, 1.165) is 16.0 Å². The fraction of sp³-hybridized carbons (Fsp3) is 0.250. The SMILES string of the molecule is NNC(Cc1ccc(Br)s1)c1ncn[nH]1. The molecule has 0 saturated heterocycles. The van der Waals surface area contributed by atoms with Crippen LogP contribution in [0.25, 0.3) is 0 Å². The lowest BCUT2D eigenvalue weighted by Crippen LogP contribution is -2.30. The summed E-state index contributed by atoms with van der Waals surface area (Å²) < 4.78 is 1.12. The molecule has 2 rings (SSSR count). The summed E-state index contributed by atoms with van der Waals surface area (Å²) in [5.41, 5.74) is 2.72. The first-order chi connectivity index (χ1) is 7.29. The molecular formula is C8H10BrN5S. The Morgan fingerprint density at radius 2 is 2.47 bits per heavy atom. The van der Waals surface area contributed by atoms with Gasteiger partial charge in [0.15, 0.2) is 0 Å². The van der Waals surface area contributed by atoms with E-state index in [2.05, 4.69) is 42.6 Å². The number of nitrogens with two attached hydrogens (primary N) is 1. The van der Waals surface area contributed by atoms with Crippen LogP contribution >= 0.6 is 27.3 Å². The quantitative estimate of drug-likeness (QED) is 0.586. The van der Waals surface area contributed by atoms with Gasteiger partial charge in [0.1, 0.15) is 12.2 Å². The monoisotopic (exact) mass is 287 g/mol. The molecule has 0 aliphatic carbocycles. The van der Waals surface area contributed by atoms with Gasteiger partial charge < -0.3 is 0 Å². The second-order valence-electron chi connectivity index (χ2n) is 3.00. The Morgan fingerprint density at radius 1 is 1.60 bits per heavy atom. The lowest BCUT2D eigenvalue weighted by atomic mass is 10.2. The zero-order valence-electron chi connectivity index (χ0n) is 7.77. The van der Waals surface area contributed by atoms with Gasteiger partial charge in [0.25, 0.3) is 0 Å². The molecule has 0 saturated carbocycles. The van der Waals surface area contributed by atoms with Crippen LogP contribution in [0.2, 0.25) is 0 Å². The largest absolute Gasteiger partial charge is 0.271 e. The number of aromatic amines is 1. The molecule has 2 heterocycles. The van der Waals surface area contributed by atoms with E-state index < -0.39 is 0 Å². The van der Waals surface area contributed by atoms with Crippen molar-refractivity contribution in [1.29, 1.82) is 0 Å². The van der Waals surface area contributed by atoms with Crippen molar-refractivity contribution in [2.45, 2.75) is 12.5 Å². The number of hydrogen-bond acceptors (Lipinski definition) is 5. The van der Waals surface area contributed by atoms with Crippen LogP contribution in [0.15, 0.2) is 22.2 Å². The molecule has 80 valence electrons. The number of H-pyrrole nitrogens is 1. The van der Waals surface area contributed by atoms with Gasteiger partial charge in [-0.3, -0.25) is 10.9 Å². The number of thiophene rings is 1. The molecule has 0 aliphatic rings. The number of rotatable bonds is 4. The van der Waals surface area contributed by atoms with Crippen molar-refractivity contribution in [2.75, 3.05) is 0 Å². The fourth-order valence-corrected chi connectivity index (χ4v) is 2.81. The molecule has 7 heteroatoms. The maximum absolute atomic E-state index is 5.47. The molecule has 0 bridgehead atoms. The molecular weight excluding hydrogens is 278 g/mol. The van der Waals surface area contributed by atoms with Gasteiger partial charge in [0.2, 0.25) is 0 Å². The number of halogens is 1. The third-order valence-electron chi connectivity index (χ3n) is 2.00. The van der Waals surface area contributed by atoms with Crippen LogP contribution in [0.1, 0.15) is 16.7 Å². The minimum absolute atomic E-state index is 0.0296. The molecule has 0 fully saturated rings. The van der Waals surface area contributed by atoms with Gasteiger partial charge in [-0.05, 0) is 28.1 Å². The zero-order valence-corrected chi connectivity index (χ0v) is 10.2. The number of hydrogen-bond donors (Lipinski definition) is 3. The Hall–Kier alpha value is -0.760. The first-order valence-electron chi connectivity index (χ1n) is 4.35. The summed E-state index contributed by atoms with van der Waals surface area (Å²) in [6, 6.07) is 4.06. The first-order valence-corrected chi connectivity index (χ1v) is 5.96.